The Kier molecular flexibility index (Phi) is 27.7. The Hall–Kier alpha value is -3.93. The van der Waals surface area contributed by atoms with E-state index in [0.29, 0.717) is 24.3 Å². The van der Waals surface area contributed by atoms with Crippen molar-refractivity contribution in [2.24, 2.45) is 0 Å². The van der Waals surface area contributed by atoms with E-state index in [1.54, 1.807) is 38.1 Å². The number of ketones is 2. The third-order valence-electron chi connectivity index (χ3n) is 8.72. The fourth-order valence-corrected chi connectivity index (χ4v) is 20.2. The minimum Gasteiger partial charge on any atom is -0.463 e. The number of ether oxygens (including phenoxy) is 6. The predicted octanol–water partition coefficient (Wildman–Crippen LogP) is 6.00. The summed E-state index contributed by atoms with van der Waals surface area (Å²) in [5, 5.41) is 20.5. The number of rotatable bonds is 30. The van der Waals surface area contributed by atoms with Crippen LogP contribution in [-0.2, 0) is 68.7 Å². The number of benzene rings is 2. The quantitative estimate of drug-likeness (QED) is 0.0229. The molecule has 0 saturated heterocycles. The van der Waals surface area contributed by atoms with E-state index < -0.39 is 72.8 Å². The van der Waals surface area contributed by atoms with Gasteiger partial charge < -0.3 is 46.9 Å². The Labute approximate surface area is 376 Å². The van der Waals surface area contributed by atoms with Crippen molar-refractivity contribution in [2.75, 3.05) is 52.9 Å². The maximum absolute atomic E-state index is 12.3. The van der Waals surface area contributed by atoms with E-state index in [1.807, 2.05) is 0 Å². The van der Waals surface area contributed by atoms with Crippen LogP contribution in [0.25, 0.3) is 0 Å². The van der Waals surface area contributed by atoms with Gasteiger partial charge in [-0.25, -0.2) is 9.59 Å². The lowest BCUT2D eigenvalue weighted by Crippen LogP contribution is -2.52. The lowest BCUT2D eigenvalue weighted by Gasteiger charge is -2.38. The lowest BCUT2D eigenvalue weighted by molar-refractivity contribution is -0.147. The lowest BCUT2D eigenvalue weighted by atomic mass is 10.1. The number of aliphatic hydroxyl groups is 2. The zero-order valence-corrected chi connectivity index (χ0v) is 39.8. The van der Waals surface area contributed by atoms with E-state index in [-0.39, 0.29) is 78.5 Å². The van der Waals surface area contributed by atoms with Crippen molar-refractivity contribution in [3.63, 3.8) is 0 Å². The Balaban J connectivity index is 0.0000192. The first-order valence-corrected chi connectivity index (χ1v) is 29.5. The van der Waals surface area contributed by atoms with Gasteiger partial charge in [0.2, 0.25) is 0 Å². The maximum Gasteiger partial charge on any atom is 0.379 e. The molecule has 0 aliphatic heterocycles. The van der Waals surface area contributed by atoms with Gasteiger partial charge in [-0.05, 0) is 89.2 Å². The predicted molar refractivity (Wildman–Crippen MR) is 245 cm³/mol. The van der Waals surface area contributed by atoms with Gasteiger partial charge in [-0.2, -0.15) is 0 Å². The minimum absolute atomic E-state index is 0. The van der Waals surface area contributed by atoms with E-state index in [9.17, 15) is 39.0 Å². The van der Waals surface area contributed by atoms with E-state index in [0.717, 1.165) is 24.9 Å². The molecule has 2 unspecified atom stereocenters. The largest absolute Gasteiger partial charge is 0.463 e. The second-order valence-corrected chi connectivity index (χ2v) is 28.5. The molecule has 0 aliphatic rings. The molecule has 16 nitrogen and oxygen atoms in total. The molecule has 2 atom stereocenters. The van der Waals surface area contributed by atoms with Crippen LogP contribution in [0.5, 0.6) is 0 Å². The molecule has 2 aromatic rings. The number of esters is 4. The van der Waals surface area contributed by atoms with Gasteiger partial charge in [0.25, 0.3) is 11.6 Å². The van der Waals surface area contributed by atoms with Gasteiger partial charge in [-0.3, -0.25) is 19.2 Å². The van der Waals surface area contributed by atoms with Crippen LogP contribution in [0.15, 0.2) is 48.5 Å². The van der Waals surface area contributed by atoms with Gasteiger partial charge in [-0.15, -0.1) is 0 Å². The van der Waals surface area contributed by atoms with Gasteiger partial charge in [0.15, 0.2) is 16.6 Å². The summed E-state index contributed by atoms with van der Waals surface area (Å²) in [5.41, 5.74) is 1.49. The number of hydrogen-bond acceptors (Lipinski definition) is 16. The molecule has 0 aliphatic carbocycles. The van der Waals surface area contributed by atoms with Gasteiger partial charge in [-0.1, -0.05) is 63.4 Å². The highest BCUT2D eigenvalue weighted by Crippen LogP contribution is 2.26. The molecule has 0 heterocycles. The first-order valence-electron chi connectivity index (χ1n) is 20.5. The molecule has 0 radical (unpaired) electrons. The number of carbonyl (C=O) groups excluding carboxylic acids is 6. The van der Waals surface area contributed by atoms with Gasteiger partial charge in [0, 0.05) is 24.3 Å². The average molecular weight is 941 g/mol. The summed E-state index contributed by atoms with van der Waals surface area (Å²) in [6.45, 7) is 16.5. The Morgan fingerprint density at radius 2 is 0.857 bits per heavy atom. The molecule has 0 bridgehead atoms. The Morgan fingerprint density at radius 1 is 0.524 bits per heavy atom. The smallest absolute Gasteiger partial charge is 0.379 e. The van der Waals surface area contributed by atoms with Crippen LogP contribution in [-0.4, -0.2) is 136 Å². The van der Waals surface area contributed by atoms with Crippen molar-refractivity contribution in [1.82, 2.24) is 0 Å². The first kappa shape index (κ1) is 59.1. The molecule has 19 heteroatoms. The van der Waals surface area contributed by atoms with E-state index in [1.165, 1.54) is 24.3 Å². The van der Waals surface area contributed by atoms with Crippen LogP contribution >= 0.6 is 0 Å². The Bertz CT molecular complexity index is 1590. The zero-order valence-electron chi connectivity index (χ0n) is 36.8. The molecule has 0 spiro atoms. The van der Waals surface area contributed by atoms with Gasteiger partial charge >= 0.3 is 32.4 Å². The molecule has 2 aromatic carbocycles. The number of hydrogen-bond donors (Lipinski definition) is 2. The molecule has 2 rings (SSSR count). The fourth-order valence-electron chi connectivity index (χ4n) is 6.18. The third-order valence-corrected chi connectivity index (χ3v) is 20.2. The van der Waals surface area contributed by atoms with Gasteiger partial charge in [0.05, 0.1) is 39.3 Å². The van der Waals surface area contributed by atoms with Crippen molar-refractivity contribution in [3.8, 4) is 0 Å². The van der Waals surface area contributed by atoms with Crippen molar-refractivity contribution in [2.45, 2.75) is 118 Å². The molecule has 0 fully saturated rings. The Morgan fingerprint density at radius 3 is 1.17 bits per heavy atom. The second kappa shape index (κ2) is 29.5. The number of aliphatic hydroxyl groups excluding tert-OH is 2. The summed E-state index contributed by atoms with van der Waals surface area (Å²) in [6.07, 6.45) is -0.669. The molecule has 356 valence electrons. The summed E-state index contributed by atoms with van der Waals surface area (Å²) in [5.74, 6) is -4.50. The van der Waals surface area contributed by atoms with Crippen LogP contribution in [0, 0.1) is 0 Å². The molecular weight excluding hydrogens is 869 g/mol. The SMILES string of the molecule is C.C.CCOC(=O)C(=O)c1ccc(CC(=O)OCC(O)COCCC[Si](C)(C)O[Si](C)(C)O[Si](C)(C)CCCOCC(O)COC(=O)Cc2ccc(C(=O)C(=O)OCC)cc2)cc1. The topological polar surface area (TPSA) is 217 Å². The summed E-state index contributed by atoms with van der Waals surface area (Å²) in [7, 11) is -6.72. The van der Waals surface area contributed by atoms with Crippen molar-refractivity contribution >= 4 is 60.6 Å². The fraction of sp³-hybridized carbons (Fsp3) is 0.591. The molecule has 2 N–H and O–H groups in total. The third kappa shape index (κ3) is 24.6. The molecule has 0 saturated carbocycles. The number of carbonyl (C=O) groups is 6. The summed E-state index contributed by atoms with van der Waals surface area (Å²) < 4.78 is 44.4. The maximum atomic E-state index is 12.3. The van der Waals surface area contributed by atoms with Crippen LogP contribution in [0.4, 0.5) is 0 Å². The van der Waals surface area contributed by atoms with Crippen molar-refractivity contribution in [1.29, 1.82) is 0 Å². The van der Waals surface area contributed by atoms with Crippen LogP contribution in [0.1, 0.15) is 73.4 Å². The normalized spacial score (nSPS) is 12.5. The zero-order chi connectivity index (χ0) is 45.6. The summed E-state index contributed by atoms with van der Waals surface area (Å²) >= 11 is 0. The monoisotopic (exact) mass is 940 g/mol. The second-order valence-electron chi connectivity index (χ2n) is 16.0. The summed E-state index contributed by atoms with van der Waals surface area (Å²) in [6, 6.07) is 13.6. The average Bonchev–Trinajstić information content (AvgIpc) is 3.18. The van der Waals surface area contributed by atoms with Crippen LogP contribution in [0.2, 0.25) is 51.4 Å². The number of Topliss-reactive ketones (excluding diaryl/α,β-unsaturated/α-hetero) is 2. The molecule has 0 amide bonds. The highest BCUT2D eigenvalue weighted by molar-refractivity contribution is 6.87. The van der Waals surface area contributed by atoms with E-state index in [2.05, 4.69) is 39.3 Å². The standard InChI is InChI=1S/C42H64O16Si3.2CH4/c1-9-53-41(49)39(47)33-17-13-31(14-18-33)25-37(45)55-29-35(43)27-51-21-11-23-59(3,4)57-61(7,8)58-60(5,6)24-12-22-52-28-36(44)30-56-38(46)26-32-15-19-34(20-16-32)40(48)42(50)54-10-2;;/h13-20,35-36,43-44H,9-12,21-30H2,1-8H3;2*1H4. The van der Waals surface area contributed by atoms with Crippen molar-refractivity contribution in [3.05, 3.63) is 70.8 Å². The van der Waals surface area contributed by atoms with Gasteiger partial charge in [0.1, 0.15) is 25.4 Å². The molecular formula is C44H72O16Si3. The molecule has 63 heavy (non-hydrogen) atoms. The van der Waals surface area contributed by atoms with Crippen LogP contribution < -0.4 is 0 Å². The summed E-state index contributed by atoms with van der Waals surface area (Å²) in [4.78, 5) is 71.8. The van der Waals surface area contributed by atoms with Crippen molar-refractivity contribution < 1.29 is 75.6 Å². The van der Waals surface area contributed by atoms with E-state index >= 15 is 0 Å². The van der Waals surface area contributed by atoms with Crippen LogP contribution in [0.3, 0.4) is 0 Å². The highest BCUT2D eigenvalue weighted by atomic mass is 28.5. The highest BCUT2D eigenvalue weighted by Gasteiger charge is 2.39. The minimum atomic E-state index is -2.48. The first-order chi connectivity index (χ1) is 28.7. The van der Waals surface area contributed by atoms with E-state index in [4.69, 9.17) is 36.7 Å². The molecule has 0 aromatic heterocycles.